The fraction of sp³-hybridized carbons (Fsp3) is 0.455. The number of fused-ring (bicyclic) bond motifs is 1. The number of carbonyl (C=O) groups excluding carboxylic acids is 1. The van der Waals surface area contributed by atoms with Gasteiger partial charge in [-0.25, -0.2) is 0 Å². The second kappa shape index (κ2) is 8.87. The zero-order valence-corrected chi connectivity index (χ0v) is 16.9. The summed E-state index contributed by atoms with van der Waals surface area (Å²) in [5.41, 5.74) is 3.21. The highest BCUT2D eigenvalue weighted by atomic mass is 32.1. The van der Waals surface area contributed by atoms with Gasteiger partial charge in [0.15, 0.2) is 0 Å². The van der Waals surface area contributed by atoms with E-state index in [1.807, 2.05) is 0 Å². The van der Waals surface area contributed by atoms with Crippen LogP contribution < -0.4 is 5.32 Å². The summed E-state index contributed by atoms with van der Waals surface area (Å²) in [5.74, 6) is 0.0168. The van der Waals surface area contributed by atoms with Crippen LogP contribution in [0.2, 0.25) is 0 Å². The third kappa shape index (κ3) is 4.44. The van der Waals surface area contributed by atoms with Gasteiger partial charge in [-0.2, -0.15) is 5.26 Å². The van der Waals surface area contributed by atoms with Gasteiger partial charge in [0.1, 0.15) is 11.1 Å². The standard InChI is InChI=1S/C22H26N4OS/c23-15-19-18-7-4-8-20(18)28-22(19)24-21(27)9-10-25-11-13-26(14-12-25)16-17-5-2-1-3-6-17/h1-3,5-6H,4,7-14,16H2,(H,24,27). The first kappa shape index (κ1) is 19.1. The van der Waals surface area contributed by atoms with Crippen molar-refractivity contribution in [3.63, 3.8) is 0 Å². The van der Waals surface area contributed by atoms with Crippen molar-refractivity contribution in [2.45, 2.75) is 32.2 Å². The molecular weight excluding hydrogens is 368 g/mol. The van der Waals surface area contributed by atoms with Crippen molar-refractivity contribution < 1.29 is 4.79 Å². The molecule has 6 heteroatoms. The van der Waals surface area contributed by atoms with Crippen molar-refractivity contribution in [2.24, 2.45) is 0 Å². The Kier molecular flexibility index (Phi) is 6.06. The molecule has 0 unspecified atom stereocenters. The smallest absolute Gasteiger partial charge is 0.226 e. The van der Waals surface area contributed by atoms with E-state index < -0.39 is 0 Å². The molecule has 1 fully saturated rings. The van der Waals surface area contributed by atoms with Crippen LogP contribution in [0.4, 0.5) is 5.00 Å². The molecule has 1 saturated heterocycles. The molecule has 0 atom stereocenters. The van der Waals surface area contributed by atoms with E-state index in [2.05, 4.69) is 51.5 Å². The number of rotatable bonds is 6. The normalized spacial score (nSPS) is 17.2. The second-order valence-corrected chi connectivity index (χ2v) is 8.68. The lowest BCUT2D eigenvalue weighted by molar-refractivity contribution is -0.116. The Morgan fingerprint density at radius 3 is 2.61 bits per heavy atom. The van der Waals surface area contributed by atoms with Gasteiger partial charge in [0.2, 0.25) is 5.91 Å². The topological polar surface area (TPSA) is 59.4 Å². The fourth-order valence-corrected chi connectivity index (χ4v) is 5.33. The Labute approximate surface area is 170 Å². The molecule has 1 aromatic carbocycles. The van der Waals surface area contributed by atoms with Gasteiger partial charge in [0, 0.05) is 50.6 Å². The maximum absolute atomic E-state index is 12.4. The van der Waals surface area contributed by atoms with Crippen LogP contribution >= 0.6 is 11.3 Å². The highest BCUT2D eigenvalue weighted by Crippen LogP contribution is 2.38. The maximum Gasteiger partial charge on any atom is 0.226 e. The van der Waals surface area contributed by atoms with E-state index in [4.69, 9.17) is 0 Å². The molecule has 2 aromatic rings. The number of amides is 1. The summed E-state index contributed by atoms with van der Waals surface area (Å²) >= 11 is 1.59. The minimum Gasteiger partial charge on any atom is -0.317 e. The number of carbonyl (C=O) groups is 1. The molecule has 1 aliphatic heterocycles. The molecule has 0 spiro atoms. The summed E-state index contributed by atoms with van der Waals surface area (Å²) in [7, 11) is 0. The molecule has 5 nitrogen and oxygen atoms in total. The first-order valence-electron chi connectivity index (χ1n) is 10.1. The number of aryl methyl sites for hydroxylation is 1. The SMILES string of the molecule is N#Cc1c(NC(=O)CCN2CCN(Cc3ccccc3)CC2)sc2c1CCC2. The van der Waals surface area contributed by atoms with Crippen molar-refractivity contribution in [1.29, 1.82) is 5.26 Å². The number of hydrogen-bond donors (Lipinski definition) is 1. The van der Waals surface area contributed by atoms with E-state index >= 15 is 0 Å². The molecule has 1 aliphatic carbocycles. The predicted molar refractivity (Wildman–Crippen MR) is 112 cm³/mol. The van der Waals surface area contributed by atoms with Gasteiger partial charge in [0.05, 0.1) is 5.56 Å². The number of nitrogens with one attached hydrogen (secondary N) is 1. The molecule has 1 amide bonds. The molecule has 2 aliphatic rings. The highest BCUT2D eigenvalue weighted by Gasteiger charge is 2.23. The van der Waals surface area contributed by atoms with Crippen molar-refractivity contribution >= 4 is 22.2 Å². The maximum atomic E-state index is 12.4. The lowest BCUT2D eigenvalue weighted by Gasteiger charge is -2.34. The number of nitriles is 1. The lowest BCUT2D eigenvalue weighted by Crippen LogP contribution is -2.46. The molecule has 2 heterocycles. The van der Waals surface area contributed by atoms with E-state index in [0.29, 0.717) is 12.0 Å². The van der Waals surface area contributed by atoms with Gasteiger partial charge >= 0.3 is 0 Å². The molecule has 1 aromatic heterocycles. The Hall–Kier alpha value is -2.20. The average molecular weight is 395 g/mol. The summed E-state index contributed by atoms with van der Waals surface area (Å²) < 4.78 is 0. The minimum atomic E-state index is 0.0168. The summed E-state index contributed by atoms with van der Waals surface area (Å²) in [4.78, 5) is 18.5. The lowest BCUT2D eigenvalue weighted by atomic mass is 10.1. The molecule has 0 bridgehead atoms. The van der Waals surface area contributed by atoms with Crippen molar-refractivity contribution in [2.75, 3.05) is 38.0 Å². The molecular formula is C22H26N4OS. The number of benzene rings is 1. The summed E-state index contributed by atoms with van der Waals surface area (Å²) in [5, 5.41) is 13.2. The summed E-state index contributed by atoms with van der Waals surface area (Å²) in [6.45, 7) is 5.83. The van der Waals surface area contributed by atoms with Crippen molar-refractivity contribution in [1.82, 2.24) is 9.80 Å². The molecule has 0 radical (unpaired) electrons. The fourth-order valence-electron chi connectivity index (χ4n) is 4.07. The Morgan fingerprint density at radius 2 is 1.86 bits per heavy atom. The van der Waals surface area contributed by atoms with Gasteiger partial charge in [-0.05, 0) is 30.4 Å². The number of anilines is 1. The quantitative estimate of drug-likeness (QED) is 0.817. The van der Waals surface area contributed by atoms with E-state index in [1.54, 1.807) is 11.3 Å². The van der Waals surface area contributed by atoms with Crippen LogP contribution in [0, 0.1) is 11.3 Å². The summed E-state index contributed by atoms with van der Waals surface area (Å²) in [6.07, 6.45) is 3.61. The average Bonchev–Trinajstić information content (AvgIpc) is 3.29. The highest BCUT2D eigenvalue weighted by molar-refractivity contribution is 7.16. The Morgan fingerprint density at radius 1 is 1.11 bits per heavy atom. The van der Waals surface area contributed by atoms with Crippen LogP contribution in [0.1, 0.15) is 34.4 Å². The second-order valence-electron chi connectivity index (χ2n) is 7.57. The van der Waals surface area contributed by atoms with Crippen LogP contribution in [0.15, 0.2) is 30.3 Å². The zero-order chi connectivity index (χ0) is 19.3. The third-order valence-electron chi connectivity index (χ3n) is 5.66. The van der Waals surface area contributed by atoms with Crippen LogP contribution in [0.25, 0.3) is 0 Å². The number of piperazine rings is 1. The van der Waals surface area contributed by atoms with Gasteiger partial charge in [-0.3, -0.25) is 9.69 Å². The van der Waals surface area contributed by atoms with Gasteiger partial charge in [0.25, 0.3) is 0 Å². The molecule has 4 rings (SSSR count). The predicted octanol–water partition coefficient (Wildman–Crippen LogP) is 3.25. The molecule has 28 heavy (non-hydrogen) atoms. The van der Waals surface area contributed by atoms with E-state index in [0.717, 1.165) is 69.1 Å². The number of thiophene rings is 1. The van der Waals surface area contributed by atoms with Gasteiger partial charge in [-0.1, -0.05) is 30.3 Å². The van der Waals surface area contributed by atoms with Crippen LogP contribution in [-0.2, 0) is 24.2 Å². The first-order chi connectivity index (χ1) is 13.7. The van der Waals surface area contributed by atoms with E-state index in [9.17, 15) is 10.1 Å². The van der Waals surface area contributed by atoms with E-state index in [1.165, 1.54) is 10.4 Å². The van der Waals surface area contributed by atoms with Gasteiger partial charge in [-0.15, -0.1) is 11.3 Å². The molecule has 1 N–H and O–H groups in total. The number of hydrogen-bond acceptors (Lipinski definition) is 5. The first-order valence-corrected chi connectivity index (χ1v) is 10.9. The largest absolute Gasteiger partial charge is 0.317 e. The zero-order valence-electron chi connectivity index (χ0n) is 16.1. The van der Waals surface area contributed by atoms with Crippen molar-refractivity contribution in [3.8, 4) is 6.07 Å². The van der Waals surface area contributed by atoms with Crippen LogP contribution in [-0.4, -0.2) is 48.4 Å². The Bertz CT molecular complexity index is 863. The monoisotopic (exact) mass is 394 g/mol. The Balaban J connectivity index is 1.22. The third-order valence-corrected chi connectivity index (χ3v) is 6.86. The molecule has 0 saturated carbocycles. The van der Waals surface area contributed by atoms with E-state index in [-0.39, 0.29) is 5.91 Å². The van der Waals surface area contributed by atoms with Crippen molar-refractivity contribution in [3.05, 3.63) is 51.9 Å². The van der Waals surface area contributed by atoms with Crippen LogP contribution in [0.5, 0.6) is 0 Å². The minimum absolute atomic E-state index is 0.0168. The van der Waals surface area contributed by atoms with Crippen LogP contribution in [0.3, 0.4) is 0 Å². The van der Waals surface area contributed by atoms with Gasteiger partial charge < -0.3 is 10.2 Å². The molecule has 146 valence electrons. The summed E-state index contributed by atoms with van der Waals surface area (Å²) in [6, 6.07) is 12.9. The number of nitrogens with zero attached hydrogens (tertiary/aromatic N) is 3.